The topological polar surface area (TPSA) is 74.8 Å². The van der Waals surface area contributed by atoms with Crippen LogP contribution in [0.4, 0.5) is 0 Å². The number of sulfonamides is 2. The van der Waals surface area contributed by atoms with Crippen LogP contribution in [0.15, 0.2) is 12.4 Å². The van der Waals surface area contributed by atoms with Crippen molar-refractivity contribution in [3.05, 3.63) is 12.4 Å². The molecule has 0 aromatic rings. The third-order valence-corrected chi connectivity index (χ3v) is 3.71. The Kier molecular flexibility index (Phi) is 2.28. The molecule has 0 atom stereocenters. The highest BCUT2D eigenvalue weighted by Gasteiger charge is 2.24. The van der Waals surface area contributed by atoms with Crippen LogP contribution in [0, 0.1) is 0 Å². The van der Waals surface area contributed by atoms with E-state index in [0.717, 1.165) is 21.1 Å². The first-order chi connectivity index (χ1) is 5.71. The molecule has 1 aliphatic rings. The van der Waals surface area contributed by atoms with E-state index in [1.807, 2.05) is 0 Å². The van der Waals surface area contributed by atoms with Gasteiger partial charge in [0.25, 0.3) is 0 Å². The quantitative estimate of drug-likeness (QED) is 0.602. The van der Waals surface area contributed by atoms with E-state index in [1.54, 1.807) is 0 Å². The van der Waals surface area contributed by atoms with Crippen molar-refractivity contribution >= 4 is 20.0 Å². The second kappa shape index (κ2) is 2.88. The van der Waals surface area contributed by atoms with Crippen LogP contribution in [0.1, 0.15) is 0 Å². The van der Waals surface area contributed by atoms with Gasteiger partial charge in [0.15, 0.2) is 0 Å². The molecule has 0 spiro atoms. The smallest absolute Gasteiger partial charge is 0.233 e. The minimum atomic E-state index is -3.36. The van der Waals surface area contributed by atoms with Crippen molar-refractivity contribution in [3.63, 3.8) is 0 Å². The van der Waals surface area contributed by atoms with Crippen LogP contribution in [-0.2, 0) is 20.0 Å². The Morgan fingerprint density at radius 2 is 1.23 bits per heavy atom. The summed E-state index contributed by atoms with van der Waals surface area (Å²) in [5.74, 6) is 0. The molecule has 0 amide bonds. The zero-order chi connectivity index (χ0) is 10.3. The maximum Gasteiger partial charge on any atom is 0.233 e. The molecule has 0 radical (unpaired) electrons. The molecule has 13 heavy (non-hydrogen) atoms. The van der Waals surface area contributed by atoms with Crippen molar-refractivity contribution in [2.45, 2.75) is 0 Å². The Balaban J connectivity index is 2.86. The third-order valence-electron chi connectivity index (χ3n) is 1.53. The fourth-order valence-electron chi connectivity index (χ4n) is 0.811. The van der Waals surface area contributed by atoms with Gasteiger partial charge < -0.3 is 0 Å². The molecule has 0 aliphatic carbocycles. The zero-order valence-corrected chi connectivity index (χ0v) is 8.84. The average Bonchev–Trinajstić information content (AvgIpc) is 2.28. The summed E-state index contributed by atoms with van der Waals surface area (Å²) < 4.78 is 45.7. The first-order valence-corrected chi connectivity index (χ1v) is 7.03. The summed E-state index contributed by atoms with van der Waals surface area (Å²) in [4.78, 5) is 0. The molecule has 8 heteroatoms. The molecule has 0 saturated heterocycles. The number of hydrogen-bond acceptors (Lipinski definition) is 4. The van der Waals surface area contributed by atoms with Crippen molar-refractivity contribution in [2.75, 3.05) is 19.2 Å². The third kappa shape index (κ3) is 2.34. The van der Waals surface area contributed by atoms with Crippen molar-refractivity contribution in [1.29, 1.82) is 0 Å². The van der Waals surface area contributed by atoms with Crippen molar-refractivity contribution in [3.8, 4) is 0 Å². The largest absolute Gasteiger partial charge is 0.256 e. The lowest BCUT2D eigenvalue weighted by atomic mass is 11.0. The molecule has 0 N–H and O–H groups in total. The molecule has 76 valence electrons. The monoisotopic (exact) mass is 226 g/mol. The summed E-state index contributed by atoms with van der Waals surface area (Å²) in [6, 6.07) is 0. The van der Waals surface area contributed by atoms with E-state index in [4.69, 9.17) is 0 Å². The summed E-state index contributed by atoms with van der Waals surface area (Å²) in [5.41, 5.74) is 0. The molecule has 0 aromatic carbocycles. The Labute approximate surface area is 77.5 Å². The summed E-state index contributed by atoms with van der Waals surface area (Å²) in [7, 11) is -6.71. The predicted octanol–water partition coefficient (Wildman–Crippen LogP) is -1.05. The standard InChI is InChI=1S/C5H10N2O4S2/c1-12(8,9)6-3-4-7(5-6)13(2,10)11/h3-4H,5H2,1-2H3. The van der Waals surface area contributed by atoms with Gasteiger partial charge in [-0.2, -0.15) is 0 Å². The van der Waals surface area contributed by atoms with Crippen LogP contribution < -0.4 is 0 Å². The fraction of sp³-hybridized carbons (Fsp3) is 0.600. The van der Waals surface area contributed by atoms with Gasteiger partial charge in [0, 0.05) is 12.4 Å². The molecule has 6 nitrogen and oxygen atoms in total. The van der Waals surface area contributed by atoms with Crippen molar-refractivity contribution in [2.24, 2.45) is 0 Å². The molecule has 1 rings (SSSR count). The van der Waals surface area contributed by atoms with Gasteiger partial charge in [-0.1, -0.05) is 0 Å². The lowest BCUT2D eigenvalue weighted by Gasteiger charge is -2.17. The van der Waals surface area contributed by atoms with Gasteiger partial charge in [0.1, 0.15) is 6.67 Å². The second-order valence-corrected chi connectivity index (χ2v) is 6.61. The van der Waals surface area contributed by atoms with E-state index in [2.05, 4.69) is 0 Å². The van der Waals surface area contributed by atoms with E-state index in [9.17, 15) is 16.8 Å². The summed E-state index contributed by atoms with van der Waals surface area (Å²) >= 11 is 0. The molecule has 0 unspecified atom stereocenters. The maximum atomic E-state index is 11.0. The van der Waals surface area contributed by atoms with E-state index in [-0.39, 0.29) is 6.67 Å². The highest BCUT2D eigenvalue weighted by Crippen LogP contribution is 2.13. The van der Waals surface area contributed by atoms with Gasteiger partial charge in [-0.05, 0) is 0 Å². The Morgan fingerprint density at radius 1 is 0.923 bits per heavy atom. The lowest BCUT2D eigenvalue weighted by Crippen LogP contribution is -2.32. The van der Waals surface area contributed by atoms with E-state index >= 15 is 0 Å². The van der Waals surface area contributed by atoms with Gasteiger partial charge in [-0.25, -0.2) is 16.8 Å². The SMILES string of the molecule is CS(=O)(=O)N1C=CN(S(C)(=O)=O)C1. The first-order valence-electron chi connectivity index (χ1n) is 3.33. The average molecular weight is 226 g/mol. The number of rotatable bonds is 2. The Morgan fingerprint density at radius 3 is 1.38 bits per heavy atom. The number of hydrogen-bond donors (Lipinski definition) is 0. The van der Waals surface area contributed by atoms with Crippen molar-refractivity contribution < 1.29 is 16.8 Å². The summed E-state index contributed by atoms with van der Waals surface area (Å²) in [6.07, 6.45) is 4.47. The van der Waals surface area contributed by atoms with E-state index in [0.29, 0.717) is 0 Å². The van der Waals surface area contributed by atoms with Crippen molar-refractivity contribution in [1.82, 2.24) is 8.61 Å². The fourth-order valence-corrected chi connectivity index (χ4v) is 2.10. The first kappa shape index (κ1) is 10.3. The number of nitrogens with zero attached hydrogens (tertiary/aromatic N) is 2. The second-order valence-electron chi connectivity index (χ2n) is 2.74. The summed E-state index contributed by atoms with van der Waals surface area (Å²) in [5, 5.41) is 0. The van der Waals surface area contributed by atoms with Crippen LogP contribution in [0.2, 0.25) is 0 Å². The maximum absolute atomic E-state index is 11.0. The van der Waals surface area contributed by atoms with Gasteiger partial charge in [0.2, 0.25) is 20.0 Å². The van der Waals surface area contributed by atoms with Crippen LogP contribution >= 0.6 is 0 Å². The van der Waals surface area contributed by atoms with E-state index in [1.165, 1.54) is 12.4 Å². The van der Waals surface area contributed by atoms with Crippen LogP contribution in [0.25, 0.3) is 0 Å². The lowest BCUT2D eigenvalue weighted by molar-refractivity contribution is 0.436. The molecule has 0 bridgehead atoms. The molecule has 0 aromatic heterocycles. The van der Waals surface area contributed by atoms with Gasteiger partial charge in [-0.3, -0.25) is 8.61 Å². The van der Waals surface area contributed by atoms with Crippen LogP contribution in [0.5, 0.6) is 0 Å². The summed E-state index contributed by atoms with van der Waals surface area (Å²) in [6.45, 7) is -0.169. The van der Waals surface area contributed by atoms with Gasteiger partial charge in [0.05, 0.1) is 12.5 Å². The Hall–Kier alpha value is -0.760. The molecular weight excluding hydrogens is 216 g/mol. The predicted molar refractivity (Wildman–Crippen MR) is 47.4 cm³/mol. The van der Waals surface area contributed by atoms with Gasteiger partial charge >= 0.3 is 0 Å². The minimum absolute atomic E-state index is 0.169. The normalized spacial score (nSPS) is 18.3. The van der Waals surface area contributed by atoms with Crippen LogP contribution in [0.3, 0.4) is 0 Å². The van der Waals surface area contributed by atoms with Gasteiger partial charge in [-0.15, -0.1) is 0 Å². The van der Waals surface area contributed by atoms with Crippen LogP contribution in [-0.4, -0.2) is 44.6 Å². The molecule has 0 fully saturated rings. The molecule has 1 aliphatic heterocycles. The molecular formula is C5H10N2O4S2. The zero-order valence-electron chi connectivity index (χ0n) is 7.21. The molecule has 1 heterocycles. The van der Waals surface area contributed by atoms with E-state index < -0.39 is 20.0 Å². The minimum Gasteiger partial charge on any atom is -0.256 e. The molecule has 0 saturated carbocycles. The highest BCUT2D eigenvalue weighted by molar-refractivity contribution is 7.89. The Bertz CT molecular complexity index is 381. The highest BCUT2D eigenvalue weighted by atomic mass is 32.2.